The van der Waals surface area contributed by atoms with E-state index in [0.29, 0.717) is 34.0 Å². The third-order valence-corrected chi connectivity index (χ3v) is 4.81. The van der Waals surface area contributed by atoms with E-state index in [1.165, 1.54) is 41.6 Å². The number of aromatic amines is 1. The molecule has 4 heterocycles. The fourth-order valence-corrected chi connectivity index (χ4v) is 3.48. The highest BCUT2D eigenvalue weighted by Gasteiger charge is 2.23. The minimum Gasteiger partial charge on any atom is -0.358 e. The Kier molecular flexibility index (Phi) is 4.25. The number of aromatic nitrogens is 7. The Morgan fingerprint density at radius 2 is 2.06 bits per heavy atom. The van der Waals surface area contributed by atoms with Crippen LogP contribution in [0.15, 0.2) is 43.2 Å². The smallest absolute Gasteiger partial charge is 0.162 e. The number of nitriles is 1. The molecule has 1 unspecified atom stereocenters. The van der Waals surface area contributed by atoms with Gasteiger partial charge in [-0.2, -0.15) is 5.26 Å². The Labute approximate surface area is 173 Å². The van der Waals surface area contributed by atoms with Crippen molar-refractivity contribution < 1.29 is 8.78 Å². The number of hydrogen-bond acceptors (Lipinski definition) is 7. The van der Waals surface area contributed by atoms with Gasteiger partial charge in [0.05, 0.1) is 41.5 Å². The third kappa shape index (κ3) is 3.01. The summed E-state index contributed by atoms with van der Waals surface area (Å²) >= 11 is 0. The summed E-state index contributed by atoms with van der Waals surface area (Å²) in [5, 5.41) is 12.8. The maximum Gasteiger partial charge on any atom is 0.162 e. The summed E-state index contributed by atoms with van der Waals surface area (Å²) in [6.45, 7) is 1.81. The van der Waals surface area contributed by atoms with Gasteiger partial charge in [-0.3, -0.25) is 9.55 Å². The van der Waals surface area contributed by atoms with E-state index >= 15 is 0 Å². The number of H-pyrrole nitrogens is 1. The first kappa shape index (κ1) is 18.6. The molecule has 4 aromatic heterocycles. The van der Waals surface area contributed by atoms with Crippen molar-refractivity contribution in [2.75, 3.05) is 5.32 Å². The van der Waals surface area contributed by atoms with Gasteiger partial charge in [-0.05, 0) is 19.1 Å². The lowest BCUT2D eigenvalue weighted by Gasteiger charge is -2.17. The number of imidazole rings is 2. The summed E-state index contributed by atoms with van der Waals surface area (Å²) < 4.78 is 29.9. The molecule has 1 atom stereocenters. The van der Waals surface area contributed by atoms with Gasteiger partial charge in [-0.15, -0.1) is 0 Å². The molecule has 0 spiro atoms. The minimum atomic E-state index is -0.693. The highest BCUT2D eigenvalue weighted by atomic mass is 19.1. The zero-order chi connectivity index (χ0) is 21.5. The highest BCUT2D eigenvalue weighted by molar-refractivity contribution is 5.85. The number of rotatable bonds is 4. The number of pyridine rings is 1. The van der Waals surface area contributed by atoms with Crippen molar-refractivity contribution in [2.45, 2.75) is 13.0 Å². The first-order valence-corrected chi connectivity index (χ1v) is 9.19. The van der Waals surface area contributed by atoms with Crippen molar-refractivity contribution in [3.05, 3.63) is 66.3 Å². The van der Waals surface area contributed by atoms with Crippen LogP contribution in [0.2, 0.25) is 0 Å². The number of hydrogen-bond donors (Lipinski definition) is 2. The first-order chi connectivity index (χ1) is 15.1. The standard InChI is InChI=1S/C20H13F2N9/c1-10(29-19-16-18(26-8-25-16)27-9-28-19)20-30-15-3-2-14(22)13(5-23)17(15)31(20)12-4-11(21)6-24-7-12/h2-4,6-10H,1H3,(H2,25,26,27,28,29). The van der Waals surface area contributed by atoms with E-state index in [0.717, 1.165) is 6.20 Å². The quantitative estimate of drug-likeness (QED) is 0.460. The summed E-state index contributed by atoms with van der Waals surface area (Å²) in [5.41, 5.74) is 1.82. The number of nitrogens with one attached hydrogen (secondary N) is 2. The molecule has 0 fully saturated rings. The number of nitrogens with zero attached hydrogens (tertiary/aromatic N) is 7. The van der Waals surface area contributed by atoms with Crippen LogP contribution >= 0.6 is 0 Å². The second kappa shape index (κ2) is 7.10. The molecular formula is C20H13F2N9. The summed E-state index contributed by atoms with van der Waals surface area (Å²) in [6, 6.07) is 5.29. The van der Waals surface area contributed by atoms with Crippen LogP contribution in [-0.4, -0.2) is 34.5 Å². The Balaban J connectivity index is 1.72. The summed E-state index contributed by atoms with van der Waals surface area (Å²) in [7, 11) is 0. The topological polar surface area (TPSA) is 121 Å². The molecule has 0 radical (unpaired) electrons. The van der Waals surface area contributed by atoms with Gasteiger partial charge < -0.3 is 10.3 Å². The maximum absolute atomic E-state index is 14.4. The molecule has 0 aliphatic carbocycles. The fourth-order valence-electron chi connectivity index (χ4n) is 3.48. The fraction of sp³-hybridized carbons (Fsp3) is 0.100. The van der Waals surface area contributed by atoms with Gasteiger partial charge in [0.2, 0.25) is 0 Å². The Bertz CT molecular complexity index is 1480. The SMILES string of the molecule is CC(Nc1ncnc2[nH]cnc12)c1nc2ccc(F)c(C#N)c2n1-c1cncc(F)c1. The summed E-state index contributed by atoms with van der Waals surface area (Å²) in [6.07, 6.45) is 5.37. The average molecular weight is 417 g/mol. The van der Waals surface area contributed by atoms with Gasteiger partial charge in [0.1, 0.15) is 40.9 Å². The molecule has 152 valence electrons. The molecule has 0 saturated carbocycles. The molecule has 0 aliphatic heterocycles. The van der Waals surface area contributed by atoms with Gasteiger partial charge >= 0.3 is 0 Å². The molecule has 11 heteroatoms. The van der Waals surface area contributed by atoms with Crippen LogP contribution in [0.1, 0.15) is 24.4 Å². The van der Waals surface area contributed by atoms with E-state index in [-0.39, 0.29) is 11.1 Å². The van der Waals surface area contributed by atoms with Gasteiger partial charge in [0, 0.05) is 6.07 Å². The minimum absolute atomic E-state index is 0.190. The molecule has 2 N–H and O–H groups in total. The molecule has 1 aromatic carbocycles. The Morgan fingerprint density at radius 3 is 2.87 bits per heavy atom. The van der Waals surface area contributed by atoms with E-state index in [1.54, 1.807) is 0 Å². The molecule has 0 aliphatic rings. The lowest BCUT2D eigenvalue weighted by molar-refractivity contribution is 0.618. The summed E-state index contributed by atoms with van der Waals surface area (Å²) in [5.74, 6) is -0.398. The van der Waals surface area contributed by atoms with Crippen LogP contribution < -0.4 is 5.32 Å². The van der Waals surface area contributed by atoms with Gasteiger partial charge in [0.25, 0.3) is 0 Å². The van der Waals surface area contributed by atoms with Crippen LogP contribution in [-0.2, 0) is 0 Å². The van der Waals surface area contributed by atoms with Crippen molar-refractivity contribution in [3.63, 3.8) is 0 Å². The summed E-state index contributed by atoms with van der Waals surface area (Å²) in [4.78, 5) is 23.9. The van der Waals surface area contributed by atoms with Crippen LogP contribution in [0.3, 0.4) is 0 Å². The molecule has 0 bridgehead atoms. The van der Waals surface area contributed by atoms with Crippen LogP contribution in [0.5, 0.6) is 0 Å². The van der Waals surface area contributed by atoms with E-state index < -0.39 is 17.7 Å². The number of benzene rings is 1. The molecule has 31 heavy (non-hydrogen) atoms. The zero-order valence-corrected chi connectivity index (χ0v) is 16.0. The molecule has 5 aromatic rings. The van der Waals surface area contributed by atoms with E-state index in [9.17, 15) is 14.0 Å². The molecular weight excluding hydrogens is 404 g/mol. The monoisotopic (exact) mass is 417 g/mol. The second-order valence-corrected chi connectivity index (χ2v) is 6.76. The lowest BCUT2D eigenvalue weighted by atomic mass is 10.2. The lowest BCUT2D eigenvalue weighted by Crippen LogP contribution is -2.14. The molecule has 0 saturated heterocycles. The van der Waals surface area contributed by atoms with Crippen molar-refractivity contribution in [1.29, 1.82) is 5.26 Å². The maximum atomic E-state index is 14.4. The number of fused-ring (bicyclic) bond motifs is 2. The predicted octanol–water partition coefficient (Wildman–Crippen LogP) is 3.41. The normalized spacial score (nSPS) is 12.2. The van der Waals surface area contributed by atoms with E-state index in [4.69, 9.17) is 0 Å². The van der Waals surface area contributed by atoms with Gasteiger partial charge in [0.15, 0.2) is 11.5 Å². The zero-order valence-electron chi connectivity index (χ0n) is 16.0. The van der Waals surface area contributed by atoms with Crippen LogP contribution in [0.4, 0.5) is 14.6 Å². The van der Waals surface area contributed by atoms with Crippen LogP contribution in [0.25, 0.3) is 27.9 Å². The highest BCUT2D eigenvalue weighted by Crippen LogP contribution is 2.30. The van der Waals surface area contributed by atoms with E-state index in [2.05, 4.69) is 35.2 Å². The number of anilines is 1. The molecule has 0 amide bonds. The number of halogens is 2. The predicted molar refractivity (Wildman–Crippen MR) is 107 cm³/mol. The average Bonchev–Trinajstić information content (AvgIpc) is 3.39. The van der Waals surface area contributed by atoms with Crippen molar-refractivity contribution in [2.24, 2.45) is 0 Å². The van der Waals surface area contributed by atoms with Crippen molar-refractivity contribution >= 4 is 28.0 Å². The third-order valence-electron chi connectivity index (χ3n) is 4.81. The largest absolute Gasteiger partial charge is 0.358 e. The Morgan fingerprint density at radius 1 is 1.19 bits per heavy atom. The van der Waals surface area contributed by atoms with Gasteiger partial charge in [-0.25, -0.2) is 28.7 Å². The second-order valence-electron chi connectivity index (χ2n) is 6.76. The van der Waals surface area contributed by atoms with Crippen LogP contribution in [0, 0.1) is 23.0 Å². The van der Waals surface area contributed by atoms with Gasteiger partial charge in [-0.1, -0.05) is 0 Å². The molecule has 9 nitrogen and oxygen atoms in total. The van der Waals surface area contributed by atoms with E-state index in [1.807, 2.05) is 13.0 Å². The van der Waals surface area contributed by atoms with Crippen molar-refractivity contribution in [1.82, 2.24) is 34.5 Å². The molecule has 5 rings (SSSR count). The first-order valence-electron chi connectivity index (χ1n) is 9.19. The van der Waals surface area contributed by atoms with Crippen molar-refractivity contribution in [3.8, 4) is 11.8 Å². The Hall–Kier alpha value is -4.46.